The van der Waals surface area contributed by atoms with E-state index in [0.29, 0.717) is 0 Å². The number of rotatable bonds is 0. The fraction of sp³-hybridized carbons (Fsp3) is 0.889. The maximum atomic E-state index is 10.4. The molecule has 2 nitrogen and oxygen atoms in total. The van der Waals surface area contributed by atoms with Crippen LogP contribution in [0.3, 0.4) is 0 Å². The molecule has 4 aliphatic rings. The van der Waals surface area contributed by atoms with Gasteiger partial charge in [0.2, 0.25) is 0 Å². The van der Waals surface area contributed by atoms with Crippen LogP contribution in [0.5, 0.6) is 0 Å². The van der Waals surface area contributed by atoms with Crippen LogP contribution in [0.4, 0.5) is 0 Å². The summed E-state index contributed by atoms with van der Waals surface area (Å²) in [6, 6.07) is 0. The highest BCUT2D eigenvalue weighted by Crippen LogP contribution is 2.61. The van der Waals surface area contributed by atoms with E-state index < -0.39 is 0 Å². The Morgan fingerprint density at radius 2 is 1.85 bits per heavy atom. The molecule has 4 aliphatic carbocycles. The molecule has 0 amide bonds. The highest BCUT2D eigenvalue weighted by molar-refractivity contribution is 5.27. The van der Waals surface area contributed by atoms with Gasteiger partial charge in [-0.05, 0) is 81.0 Å². The van der Waals surface area contributed by atoms with Crippen molar-refractivity contribution in [1.29, 1.82) is 0 Å². The van der Waals surface area contributed by atoms with Gasteiger partial charge in [-0.25, -0.2) is 0 Å². The normalized spacial score (nSPS) is 51.5. The van der Waals surface area contributed by atoms with Crippen LogP contribution in [-0.4, -0.2) is 22.4 Å². The lowest BCUT2D eigenvalue weighted by Crippen LogP contribution is -2.45. The summed E-state index contributed by atoms with van der Waals surface area (Å²) in [5.41, 5.74) is 3.54. The van der Waals surface area contributed by atoms with Gasteiger partial charge in [-0.1, -0.05) is 18.1 Å². The van der Waals surface area contributed by atoms with E-state index >= 15 is 0 Å². The summed E-state index contributed by atoms with van der Waals surface area (Å²) in [6.45, 7) is 2.35. The molecule has 0 bridgehead atoms. The molecular weight excluding hydrogens is 248 g/mol. The van der Waals surface area contributed by atoms with Crippen molar-refractivity contribution in [3.05, 3.63) is 11.1 Å². The molecule has 2 N–H and O–H groups in total. The Morgan fingerprint density at radius 3 is 2.70 bits per heavy atom. The van der Waals surface area contributed by atoms with E-state index in [1.165, 1.54) is 32.1 Å². The topological polar surface area (TPSA) is 40.5 Å². The molecule has 4 rings (SSSR count). The van der Waals surface area contributed by atoms with Crippen LogP contribution in [0.15, 0.2) is 11.1 Å². The molecule has 0 aliphatic heterocycles. The van der Waals surface area contributed by atoms with E-state index in [1.54, 1.807) is 11.1 Å². The van der Waals surface area contributed by atoms with Gasteiger partial charge >= 0.3 is 0 Å². The molecule has 6 atom stereocenters. The summed E-state index contributed by atoms with van der Waals surface area (Å²) in [7, 11) is 0. The van der Waals surface area contributed by atoms with Crippen LogP contribution < -0.4 is 0 Å². The number of fused-ring (bicyclic) bond motifs is 4. The Hall–Kier alpha value is -0.340. The van der Waals surface area contributed by atoms with Crippen molar-refractivity contribution < 1.29 is 10.2 Å². The predicted octanol–water partition coefficient (Wildman–Crippen LogP) is 3.43. The second-order valence-electron chi connectivity index (χ2n) is 8.08. The Balaban J connectivity index is 1.64. The van der Waals surface area contributed by atoms with Crippen molar-refractivity contribution in [2.24, 2.45) is 23.2 Å². The van der Waals surface area contributed by atoms with E-state index in [4.69, 9.17) is 0 Å². The second-order valence-corrected chi connectivity index (χ2v) is 8.08. The largest absolute Gasteiger partial charge is 0.393 e. The second kappa shape index (κ2) is 4.58. The zero-order valence-corrected chi connectivity index (χ0v) is 12.6. The third-order valence-electron chi connectivity index (χ3n) is 7.30. The lowest BCUT2D eigenvalue weighted by atomic mass is 9.54. The van der Waals surface area contributed by atoms with E-state index in [0.717, 1.165) is 43.4 Å². The summed E-state index contributed by atoms with van der Waals surface area (Å²) in [6.07, 6.45) is 10.2. The number of hydrogen-bond donors (Lipinski definition) is 2. The Labute approximate surface area is 122 Å². The molecule has 20 heavy (non-hydrogen) atoms. The number of aliphatic hydroxyl groups is 2. The quantitative estimate of drug-likeness (QED) is 0.666. The van der Waals surface area contributed by atoms with Gasteiger partial charge in [0.15, 0.2) is 0 Å². The van der Waals surface area contributed by atoms with E-state index in [1.807, 2.05) is 0 Å². The van der Waals surface area contributed by atoms with Gasteiger partial charge in [0.1, 0.15) is 0 Å². The van der Waals surface area contributed by atoms with Crippen LogP contribution in [0, 0.1) is 23.2 Å². The highest BCUT2D eigenvalue weighted by atomic mass is 16.3. The first kappa shape index (κ1) is 13.3. The summed E-state index contributed by atoms with van der Waals surface area (Å²) in [5, 5.41) is 20.3. The smallest absolute Gasteiger partial charge is 0.0596 e. The zero-order valence-electron chi connectivity index (χ0n) is 12.6. The number of aliphatic hydroxyl groups excluding tert-OH is 2. The third-order valence-corrected chi connectivity index (χ3v) is 7.30. The van der Waals surface area contributed by atoms with Crippen LogP contribution in [0.25, 0.3) is 0 Å². The summed E-state index contributed by atoms with van der Waals surface area (Å²) < 4.78 is 0. The molecule has 0 aromatic rings. The number of hydrogen-bond acceptors (Lipinski definition) is 2. The minimum atomic E-state index is -0.0764. The SMILES string of the molecule is C[C@]12CC[C@H]3C4=C(CC[C@H]3[C@H]1CC[C@@H]2O)C[C@@H](O)CC4. The molecule has 0 saturated heterocycles. The van der Waals surface area contributed by atoms with Crippen molar-refractivity contribution >= 4 is 0 Å². The first-order chi connectivity index (χ1) is 9.59. The van der Waals surface area contributed by atoms with Crippen LogP contribution in [0.1, 0.15) is 64.7 Å². The van der Waals surface area contributed by atoms with Crippen LogP contribution >= 0.6 is 0 Å². The average molecular weight is 276 g/mol. The molecule has 2 saturated carbocycles. The molecule has 0 spiro atoms. The fourth-order valence-corrected chi connectivity index (χ4v) is 6.16. The molecular formula is C18H28O2. The molecule has 112 valence electrons. The third kappa shape index (κ3) is 1.77. The van der Waals surface area contributed by atoms with E-state index in [-0.39, 0.29) is 17.6 Å². The molecule has 0 aromatic heterocycles. The highest BCUT2D eigenvalue weighted by Gasteiger charge is 2.54. The first-order valence-electron chi connectivity index (χ1n) is 8.66. The average Bonchev–Trinajstić information content (AvgIpc) is 2.74. The Bertz CT molecular complexity index is 441. The van der Waals surface area contributed by atoms with Crippen molar-refractivity contribution in [3.63, 3.8) is 0 Å². The maximum absolute atomic E-state index is 10.4. The summed E-state index contributed by atoms with van der Waals surface area (Å²) in [5.74, 6) is 2.35. The minimum absolute atomic E-state index is 0.0583. The fourth-order valence-electron chi connectivity index (χ4n) is 6.16. The van der Waals surface area contributed by atoms with Crippen molar-refractivity contribution in [3.8, 4) is 0 Å². The van der Waals surface area contributed by atoms with Gasteiger partial charge in [0.25, 0.3) is 0 Å². The minimum Gasteiger partial charge on any atom is -0.393 e. The van der Waals surface area contributed by atoms with Crippen molar-refractivity contribution in [2.75, 3.05) is 0 Å². The van der Waals surface area contributed by atoms with Crippen LogP contribution in [-0.2, 0) is 0 Å². The lowest BCUT2D eigenvalue weighted by Gasteiger charge is -2.51. The molecule has 2 heteroatoms. The predicted molar refractivity (Wildman–Crippen MR) is 79.2 cm³/mol. The molecule has 0 heterocycles. The van der Waals surface area contributed by atoms with E-state index in [2.05, 4.69) is 6.92 Å². The van der Waals surface area contributed by atoms with Gasteiger partial charge < -0.3 is 10.2 Å². The van der Waals surface area contributed by atoms with Gasteiger partial charge in [-0.3, -0.25) is 0 Å². The maximum Gasteiger partial charge on any atom is 0.0596 e. The summed E-state index contributed by atoms with van der Waals surface area (Å²) in [4.78, 5) is 0. The monoisotopic (exact) mass is 276 g/mol. The Morgan fingerprint density at radius 1 is 1.00 bits per heavy atom. The molecule has 2 fully saturated rings. The molecule has 0 unspecified atom stereocenters. The molecule has 0 radical (unpaired) electrons. The van der Waals surface area contributed by atoms with Crippen molar-refractivity contribution in [1.82, 2.24) is 0 Å². The van der Waals surface area contributed by atoms with E-state index in [9.17, 15) is 10.2 Å². The lowest BCUT2D eigenvalue weighted by molar-refractivity contribution is -0.0326. The Kier molecular flexibility index (Phi) is 3.05. The zero-order chi connectivity index (χ0) is 13.9. The van der Waals surface area contributed by atoms with Gasteiger partial charge in [0, 0.05) is 0 Å². The van der Waals surface area contributed by atoms with Crippen molar-refractivity contribution in [2.45, 2.75) is 76.9 Å². The molecule has 0 aromatic carbocycles. The first-order valence-corrected chi connectivity index (χ1v) is 8.66. The van der Waals surface area contributed by atoms with Gasteiger partial charge in [0.05, 0.1) is 12.2 Å². The number of allylic oxidation sites excluding steroid dienone is 1. The summed E-state index contributed by atoms with van der Waals surface area (Å²) >= 11 is 0. The van der Waals surface area contributed by atoms with Gasteiger partial charge in [-0.2, -0.15) is 0 Å². The van der Waals surface area contributed by atoms with Gasteiger partial charge in [-0.15, -0.1) is 0 Å². The van der Waals surface area contributed by atoms with Crippen LogP contribution in [0.2, 0.25) is 0 Å². The standard InChI is InChI=1S/C18H28O2/c1-18-9-8-14-13-5-3-12(19)10-11(13)2-4-15(14)16(18)6-7-17(18)20/h12,14-17,19-20H,2-10H2,1H3/t12-,14-,15+,16+,17-,18-/m0/s1.